The first-order chi connectivity index (χ1) is 16.7. The van der Waals surface area contributed by atoms with Gasteiger partial charge in [-0.1, -0.05) is 18.2 Å². The van der Waals surface area contributed by atoms with E-state index in [1.165, 1.54) is 48.2 Å². The van der Waals surface area contributed by atoms with Gasteiger partial charge in [-0.3, -0.25) is 9.52 Å². The van der Waals surface area contributed by atoms with E-state index in [1.807, 2.05) is 6.07 Å². The third-order valence-corrected chi connectivity index (χ3v) is 6.68. The van der Waals surface area contributed by atoms with Gasteiger partial charge in [-0.2, -0.15) is 0 Å². The lowest BCUT2D eigenvalue weighted by molar-refractivity contribution is -0.126. The Labute approximate surface area is 203 Å². The lowest BCUT2D eigenvalue weighted by Crippen LogP contribution is -2.37. The van der Waals surface area contributed by atoms with Crippen molar-refractivity contribution < 1.29 is 32.2 Å². The number of ether oxygens (including phenoxy) is 3. The largest absolute Gasteiger partial charge is 0.486 e. The number of benzene rings is 3. The number of carbonyl (C=O) groups excluding carboxylic acids is 2. The van der Waals surface area contributed by atoms with E-state index in [1.54, 1.807) is 37.4 Å². The zero-order valence-corrected chi connectivity index (χ0v) is 19.9. The summed E-state index contributed by atoms with van der Waals surface area (Å²) in [7, 11) is -2.30. The Morgan fingerprint density at radius 2 is 1.60 bits per heavy atom. The zero-order chi connectivity index (χ0) is 25.0. The predicted octanol–water partition coefficient (Wildman–Crippen LogP) is 3.47. The van der Waals surface area contributed by atoms with Gasteiger partial charge in [0.1, 0.15) is 13.2 Å². The smallest absolute Gasteiger partial charge is 0.338 e. The van der Waals surface area contributed by atoms with Gasteiger partial charge in [0.15, 0.2) is 17.6 Å². The van der Waals surface area contributed by atoms with Crippen LogP contribution >= 0.6 is 0 Å². The van der Waals surface area contributed by atoms with Gasteiger partial charge in [0.25, 0.3) is 15.9 Å². The number of hydrogen-bond donors (Lipinski definition) is 1. The van der Waals surface area contributed by atoms with Gasteiger partial charge < -0.3 is 19.1 Å². The fourth-order valence-electron chi connectivity index (χ4n) is 3.41. The number of likely N-dealkylation sites (N-methyl/N-ethyl adjacent to an activating group) is 1. The molecule has 0 fully saturated rings. The van der Waals surface area contributed by atoms with Crippen LogP contribution in [0.15, 0.2) is 77.7 Å². The number of rotatable bonds is 7. The second-order valence-corrected chi connectivity index (χ2v) is 9.45. The maximum absolute atomic E-state index is 12.8. The molecule has 3 aromatic carbocycles. The summed E-state index contributed by atoms with van der Waals surface area (Å²) in [5.41, 5.74) is 1.11. The molecule has 0 bridgehead atoms. The number of amides is 1. The van der Waals surface area contributed by atoms with Crippen molar-refractivity contribution >= 4 is 33.3 Å². The van der Waals surface area contributed by atoms with Crippen molar-refractivity contribution in [1.82, 2.24) is 0 Å². The van der Waals surface area contributed by atoms with Crippen LogP contribution in [0.1, 0.15) is 17.3 Å². The van der Waals surface area contributed by atoms with Gasteiger partial charge in [0.05, 0.1) is 10.5 Å². The number of esters is 1. The van der Waals surface area contributed by atoms with Crippen LogP contribution in [0.4, 0.5) is 11.4 Å². The molecule has 0 saturated heterocycles. The van der Waals surface area contributed by atoms with E-state index in [9.17, 15) is 18.0 Å². The highest BCUT2D eigenvalue weighted by molar-refractivity contribution is 7.92. The van der Waals surface area contributed by atoms with Gasteiger partial charge in [0, 0.05) is 24.5 Å². The molecule has 0 aromatic heterocycles. The van der Waals surface area contributed by atoms with Crippen molar-refractivity contribution in [2.45, 2.75) is 17.9 Å². The Bertz CT molecular complexity index is 1330. The van der Waals surface area contributed by atoms with Crippen molar-refractivity contribution in [3.8, 4) is 11.5 Å². The highest BCUT2D eigenvalue weighted by Crippen LogP contribution is 2.32. The van der Waals surface area contributed by atoms with Crippen LogP contribution < -0.4 is 19.1 Å². The summed E-state index contributed by atoms with van der Waals surface area (Å²) < 4.78 is 44.2. The van der Waals surface area contributed by atoms with Crippen LogP contribution in [-0.2, 0) is 19.6 Å². The van der Waals surface area contributed by atoms with E-state index in [0.717, 1.165) is 0 Å². The lowest BCUT2D eigenvalue weighted by atomic mass is 10.2. The van der Waals surface area contributed by atoms with Crippen LogP contribution in [0.2, 0.25) is 0 Å². The summed E-state index contributed by atoms with van der Waals surface area (Å²) in [4.78, 5) is 26.5. The van der Waals surface area contributed by atoms with Crippen molar-refractivity contribution in [1.29, 1.82) is 0 Å². The topological polar surface area (TPSA) is 111 Å². The van der Waals surface area contributed by atoms with Crippen LogP contribution in [0.25, 0.3) is 0 Å². The number of nitrogens with one attached hydrogen (secondary N) is 1. The van der Waals surface area contributed by atoms with Gasteiger partial charge in [-0.05, 0) is 55.5 Å². The summed E-state index contributed by atoms with van der Waals surface area (Å²) >= 11 is 0. The monoisotopic (exact) mass is 496 g/mol. The Hall–Kier alpha value is -4.05. The summed E-state index contributed by atoms with van der Waals surface area (Å²) in [6.07, 6.45) is -1.01. The summed E-state index contributed by atoms with van der Waals surface area (Å²) in [6.45, 7) is 2.24. The second kappa shape index (κ2) is 10.1. The minimum absolute atomic E-state index is 0.0140. The maximum Gasteiger partial charge on any atom is 0.338 e. The van der Waals surface area contributed by atoms with E-state index in [4.69, 9.17) is 14.2 Å². The average Bonchev–Trinajstić information content (AvgIpc) is 2.88. The molecule has 9 nitrogen and oxygen atoms in total. The van der Waals surface area contributed by atoms with E-state index in [0.29, 0.717) is 30.4 Å². The van der Waals surface area contributed by atoms with Gasteiger partial charge in [-0.15, -0.1) is 0 Å². The Kier molecular flexibility index (Phi) is 6.92. The standard InChI is InChI=1S/C25H24N2O7S/c1-17(24(28)27(2)20-6-4-3-5-7-20)34-25(29)18-8-10-19(11-9-18)26-35(30,31)21-12-13-22-23(16-21)33-15-14-32-22/h3-13,16-17,26H,14-15H2,1-2H3/t17-/m1/s1. The molecule has 182 valence electrons. The van der Waals surface area contributed by atoms with E-state index < -0.39 is 22.1 Å². The molecule has 1 aliphatic rings. The molecule has 4 rings (SSSR count). The molecule has 1 aliphatic heterocycles. The molecule has 10 heteroatoms. The molecule has 0 radical (unpaired) electrons. The minimum Gasteiger partial charge on any atom is -0.486 e. The van der Waals surface area contributed by atoms with Gasteiger partial charge in [0.2, 0.25) is 0 Å². The number of sulfonamides is 1. The molecule has 35 heavy (non-hydrogen) atoms. The summed E-state index contributed by atoms with van der Waals surface area (Å²) in [6, 6.07) is 19.1. The summed E-state index contributed by atoms with van der Waals surface area (Å²) in [5.74, 6) is -0.235. The number of para-hydroxylation sites is 1. The molecule has 0 unspecified atom stereocenters. The first kappa shape index (κ1) is 24.1. The average molecular weight is 497 g/mol. The quantitative estimate of drug-likeness (QED) is 0.499. The molecular weight excluding hydrogens is 472 g/mol. The van der Waals surface area contributed by atoms with Crippen molar-refractivity contribution in [2.75, 3.05) is 29.9 Å². The van der Waals surface area contributed by atoms with E-state index >= 15 is 0 Å². The number of carbonyl (C=O) groups is 2. The number of nitrogens with zero attached hydrogens (tertiary/aromatic N) is 1. The molecule has 1 amide bonds. The van der Waals surface area contributed by atoms with Crippen LogP contribution in [0.3, 0.4) is 0 Å². The second-order valence-electron chi connectivity index (χ2n) is 7.77. The number of hydrogen-bond acceptors (Lipinski definition) is 7. The normalized spacial score (nSPS) is 13.4. The first-order valence-electron chi connectivity index (χ1n) is 10.8. The highest BCUT2D eigenvalue weighted by Gasteiger charge is 2.24. The maximum atomic E-state index is 12.8. The number of fused-ring (bicyclic) bond motifs is 1. The molecule has 0 saturated carbocycles. The van der Waals surface area contributed by atoms with Crippen molar-refractivity contribution in [3.63, 3.8) is 0 Å². The third-order valence-electron chi connectivity index (χ3n) is 5.30. The summed E-state index contributed by atoms with van der Waals surface area (Å²) in [5, 5.41) is 0. The Morgan fingerprint density at radius 3 is 2.29 bits per heavy atom. The molecule has 0 spiro atoms. The van der Waals surface area contributed by atoms with Crippen LogP contribution in [0, 0.1) is 0 Å². The predicted molar refractivity (Wildman–Crippen MR) is 129 cm³/mol. The van der Waals surface area contributed by atoms with Crippen LogP contribution in [0.5, 0.6) is 11.5 Å². The Morgan fingerprint density at radius 1 is 0.943 bits per heavy atom. The SMILES string of the molecule is C[C@@H](OC(=O)c1ccc(NS(=O)(=O)c2ccc3c(c2)OCCO3)cc1)C(=O)N(C)c1ccccc1. The lowest BCUT2D eigenvalue weighted by Gasteiger charge is -2.21. The zero-order valence-electron chi connectivity index (χ0n) is 19.1. The fourth-order valence-corrected chi connectivity index (χ4v) is 4.48. The third kappa shape index (κ3) is 5.55. The van der Waals surface area contributed by atoms with E-state index in [-0.39, 0.29) is 22.1 Å². The molecule has 1 atom stereocenters. The van der Waals surface area contributed by atoms with Gasteiger partial charge >= 0.3 is 5.97 Å². The molecule has 0 aliphatic carbocycles. The van der Waals surface area contributed by atoms with Crippen LogP contribution in [-0.4, -0.2) is 46.7 Å². The van der Waals surface area contributed by atoms with Crippen molar-refractivity contribution in [2.24, 2.45) is 0 Å². The fraction of sp³-hybridized carbons (Fsp3) is 0.200. The molecule has 1 N–H and O–H groups in total. The molecule has 1 heterocycles. The van der Waals surface area contributed by atoms with Crippen molar-refractivity contribution in [3.05, 3.63) is 78.4 Å². The molecule has 3 aromatic rings. The minimum atomic E-state index is -3.90. The van der Waals surface area contributed by atoms with E-state index in [2.05, 4.69) is 4.72 Å². The molecular formula is C25H24N2O7S. The number of anilines is 2. The Balaban J connectivity index is 1.39. The first-order valence-corrected chi connectivity index (χ1v) is 12.3. The highest BCUT2D eigenvalue weighted by atomic mass is 32.2. The van der Waals surface area contributed by atoms with Gasteiger partial charge in [-0.25, -0.2) is 13.2 Å².